The van der Waals surface area contributed by atoms with Gasteiger partial charge in [-0.2, -0.15) is 0 Å². The van der Waals surface area contributed by atoms with Crippen molar-refractivity contribution in [3.63, 3.8) is 0 Å². The monoisotopic (exact) mass is 277 g/mol. The number of benzene rings is 1. The molecule has 5 nitrogen and oxygen atoms in total. The molecule has 3 N–H and O–H groups in total. The van der Waals surface area contributed by atoms with Crippen LogP contribution in [0.1, 0.15) is 11.3 Å². The van der Waals surface area contributed by atoms with Crippen LogP contribution in [-0.2, 0) is 0 Å². The Balaban J connectivity index is 2.22. The lowest BCUT2D eigenvalue weighted by molar-refractivity contribution is 0.318. The molecule has 2 aromatic rings. The van der Waals surface area contributed by atoms with Gasteiger partial charge in [0.25, 0.3) is 0 Å². The minimum Gasteiger partial charge on any atom is -0.454 e. The lowest BCUT2D eigenvalue weighted by Gasteiger charge is -2.08. The zero-order chi connectivity index (χ0) is 13.8. The molecule has 0 aliphatic carbocycles. The van der Waals surface area contributed by atoms with Gasteiger partial charge in [-0.05, 0) is 36.8 Å². The molecule has 0 atom stereocenters. The van der Waals surface area contributed by atoms with Gasteiger partial charge in [-0.25, -0.2) is 4.98 Å². The molecule has 1 aromatic heterocycles. The van der Waals surface area contributed by atoms with E-state index in [1.54, 1.807) is 18.2 Å². The first-order valence-corrected chi connectivity index (χ1v) is 5.86. The second kappa shape index (κ2) is 5.58. The molecular formula is C13H12ClN3O2. The molecule has 19 heavy (non-hydrogen) atoms. The van der Waals surface area contributed by atoms with E-state index in [9.17, 15) is 0 Å². The van der Waals surface area contributed by atoms with Gasteiger partial charge in [-0.15, -0.1) is 0 Å². The van der Waals surface area contributed by atoms with Crippen molar-refractivity contribution in [2.24, 2.45) is 10.9 Å². The fourth-order valence-electron chi connectivity index (χ4n) is 1.46. The molecule has 0 amide bonds. The van der Waals surface area contributed by atoms with Crippen molar-refractivity contribution in [2.45, 2.75) is 6.92 Å². The number of oxime groups is 1. The number of aryl methyl sites for hydroxylation is 1. The Morgan fingerprint density at radius 2 is 2.16 bits per heavy atom. The summed E-state index contributed by atoms with van der Waals surface area (Å²) in [6.07, 6.45) is 1.48. The molecule has 1 aromatic carbocycles. The number of nitrogens with two attached hydrogens (primary N) is 1. The summed E-state index contributed by atoms with van der Waals surface area (Å²) in [5, 5.41) is 11.9. The van der Waals surface area contributed by atoms with Crippen molar-refractivity contribution < 1.29 is 9.94 Å². The normalized spacial score (nSPS) is 11.4. The second-order valence-electron chi connectivity index (χ2n) is 3.90. The molecule has 0 bridgehead atoms. The molecular weight excluding hydrogens is 266 g/mol. The zero-order valence-electron chi connectivity index (χ0n) is 10.2. The van der Waals surface area contributed by atoms with Crippen LogP contribution in [0.15, 0.2) is 41.7 Å². The molecule has 0 saturated carbocycles. The Kier molecular flexibility index (Phi) is 3.87. The number of nitrogens with zero attached hydrogens (tertiary/aromatic N) is 2. The summed E-state index contributed by atoms with van der Waals surface area (Å²) < 4.78 is 5.62. The summed E-state index contributed by atoms with van der Waals surface area (Å²) in [6, 6.07) is 8.76. The topological polar surface area (TPSA) is 80.7 Å². The Labute approximate surface area is 115 Å². The van der Waals surface area contributed by atoms with Crippen LogP contribution in [0.2, 0.25) is 5.02 Å². The van der Waals surface area contributed by atoms with Crippen molar-refractivity contribution >= 4 is 17.4 Å². The maximum absolute atomic E-state index is 8.53. The standard InChI is InChI=1S/C13H12ClN3O2/c1-8-2-4-10(14)12(6-8)19-9-3-5-11(16-7-9)13(15)17-18/h2-7,18H,1H3,(H2,15,17). The number of pyridine rings is 1. The maximum atomic E-state index is 8.53. The molecule has 2 rings (SSSR count). The van der Waals surface area contributed by atoms with Crippen molar-refractivity contribution in [1.82, 2.24) is 4.98 Å². The third kappa shape index (κ3) is 3.14. The van der Waals surface area contributed by atoms with E-state index >= 15 is 0 Å². The largest absolute Gasteiger partial charge is 0.454 e. The van der Waals surface area contributed by atoms with Crippen LogP contribution in [0.3, 0.4) is 0 Å². The number of rotatable bonds is 3. The summed E-state index contributed by atoms with van der Waals surface area (Å²) in [7, 11) is 0. The Morgan fingerprint density at radius 1 is 1.37 bits per heavy atom. The third-order valence-corrected chi connectivity index (χ3v) is 2.73. The molecule has 0 fully saturated rings. The summed E-state index contributed by atoms with van der Waals surface area (Å²) in [4.78, 5) is 4.01. The zero-order valence-corrected chi connectivity index (χ0v) is 10.9. The molecule has 0 aliphatic heterocycles. The number of aromatic nitrogens is 1. The lowest BCUT2D eigenvalue weighted by Crippen LogP contribution is -2.14. The van der Waals surface area contributed by atoms with E-state index in [0.29, 0.717) is 22.2 Å². The average Bonchev–Trinajstić information content (AvgIpc) is 2.43. The Bertz CT molecular complexity index is 612. The van der Waals surface area contributed by atoms with Gasteiger partial charge in [0.05, 0.1) is 11.2 Å². The minimum absolute atomic E-state index is 0.0554. The predicted octanol–water partition coefficient (Wildman–Crippen LogP) is 2.93. The number of hydrogen-bond donors (Lipinski definition) is 2. The van der Waals surface area contributed by atoms with Crippen LogP contribution in [0.4, 0.5) is 0 Å². The number of hydrogen-bond acceptors (Lipinski definition) is 4. The highest BCUT2D eigenvalue weighted by atomic mass is 35.5. The van der Waals surface area contributed by atoms with Gasteiger partial charge in [0.2, 0.25) is 0 Å². The highest BCUT2D eigenvalue weighted by molar-refractivity contribution is 6.32. The van der Waals surface area contributed by atoms with Crippen LogP contribution in [-0.4, -0.2) is 16.0 Å². The van der Waals surface area contributed by atoms with Crippen molar-refractivity contribution in [3.05, 3.63) is 52.8 Å². The van der Waals surface area contributed by atoms with Crippen LogP contribution >= 0.6 is 11.6 Å². The highest BCUT2D eigenvalue weighted by Gasteiger charge is 2.05. The molecule has 1 heterocycles. The van der Waals surface area contributed by atoms with Crippen LogP contribution in [0.5, 0.6) is 11.5 Å². The van der Waals surface area contributed by atoms with Gasteiger partial charge < -0.3 is 15.7 Å². The fraction of sp³-hybridized carbons (Fsp3) is 0.0769. The number of halogens is 1. The average molecular weight is 278 g/mol. The quantitative estimate of drug-likeness (QED) is 0.391. The smallest absolute Gasteiger partial charge is 0.188 e. The van der Waals surface area contributed by atoms with Crippen molar-refractivity contribution in [3.8, 4) is 11.5 Å². The van der Waals surface area contributed by atoms with E-state index in [1.807, 2.05) is 19.1 Å². The molecule has 0 spiro atoms. The SMILES string of the molecule is Cc1ccc(Cl)c(Oc2ccc(/C(N)=N/O)nc2)c1. The van der Waals surface area contributed by atoms with E-state index in [4.69, 9.17) is 27.3 Å². The summed E-state index contributed by atoms with van der Waals surface area (Å²) >= 11 is 6.03. The first-order chi connectivity index (χ1) is 9.10. The molecule has 0 saturated heterocycles. The van der Waals surface area contributed by atoms with Crippen LogP contribution < -0.4 is 10.5 Å². The summed E-state index contributed by atoms with van der Waals surface area (Å²) in [5.41, 5.74) is 6.82. The van der Waals surface area contributed by atoms with Gasteiger partial charge in [-0.3, -0.25) is 0 Å². The summed E-state index contributed by atoms with van der Waals surface area (Å²) in [5.74, 6) is 1.02. The molecule has 0 unspecified atom stereocenters. The maximum Gasteiger partial charge on any atom is 0.188 e. The van der Waals surface area contributed by atoms with Gasteiger partial charge in [0.1, 0.15) is 17.2 Å². The number of ether oxygens (including phenoxy) is 1. The molecule has 6 heteroatoms. The van der Waals surface area contributed by atoms with Crippen LogP contribution in [0, 0.1) is 6.92 Å². The van der Waals surface area contributed by atoms with Crippen molar-refractivity contribution in [1.29, 1.82) is 0 Å². The Morgan fingerprint density at radius 3 is 2.79 bits per heavy atom. The van der Waals surface area contributed by atoms with E-state index in [0.717, 1.165) is 5.56 Å². The van der Waals surface area contributed by atoms with Gasteiger partial charge in [0, 0.05) is 0 Å². The van der Waals surface area contributed by atoms with E-state index in [1.165, 1.54) is 6.20 Å². The predicted molar refractivity (Wildman–Crippen MR) is 73.0 cm³/mol. The fourth-order valence-corrected chi connectivity index (χ4v) is 1.62. The first-order valence-electron chi connectivity index (χ1n) is 5.48. The summed E-state index contributed by atoms with van der Waals surface area (Å²) in [6.45, 7) is 1.95. The van der Waals surface area contributed by atoms with E-state index < -0.39 is 0 Å². The molecule has 0 radical (unpaired) electrons. The second-order valence-corrected chi connectivity index (χ2v) is 4.31. The number of amidine groups is 1. The Hall–Kier alpha value is -2.27. The minimum atomic E-state index is -0.0554. The molecule has 98 valence electrons. The highest BCUT2D eigenvalue weighted by Crippen LogP contribution is 2.29. The van der Waals surface area contributed by atoms with E-state index in [-0.39, 0.29) is 5.84 Å². The van der Waals surface area contributed by atoms with E-state index in [2.05, 4.69) is 10.1 Å². The van der Waals surface area contributed by atoms with Gasteiger partial charge in [0.15, 0.2) is 5.84 Å². The van der Waals surface area contributed by atoms with Crippen LogP contribution in [0.25, 0.3) is 0 Å². The molecule has 0 aliphatic rings. The van der Waals surface area contributed by atoms with Gasteiger partial charge in [-0.1, -0.05) is 22.8 Å². The first kappa shape index (κ1) is 13.2. The van der Waals surface area contributed by atoms with Crippen molar-refractivity contribution in [2.75, 3.05) is 0 Å². The van der Waals surface area contributed by atoms with Gasteiger partial charge >= 0.3 is 0 Å². The third-order valence-electron chi connectivity index (χ3n) is 2.42. The lowest BCUT2D eigenvalue weighted by atomic mass is 10.2.